The minimum Gasteiger partial charge on any atom is -0.439 e. The fourth-order valence-corrected chi connectivity index (χ4v) is 3.86. The second-order valence-electron chi connectivity index (χ2n) is 7.67. The van der Waals surface area contributed by atoms with E-state index in [1.54, 1.807) is 26.8 Å². The van der Waals surface area contributed by atoms with Crippen LogP contribution in [-0.2, 0) is 10.0 Å². The molecular weight excluding hydrogens is 406 g/mol. The van der Waals surface area contributed by atoms with Crippen LogP contribution >= 0.6 is 0 Å². The van der Waals surface area contributed by atoms with Crippen LogP contribution in [0.2, 0.25) is 0 Å². The summed E-state index contributed by atoms with van der Waals surface area (Å²) in [5, 5.41) is 9.79. The zero-order valence-corrected chi connectivity index (χ0v) is 18.1. The molecule has 0 radical (unpaired) electrons. The molecule has 0 amide bonds. The lowest BCUT2D eigenvalue weighted by Gasteiger charge is -2.17. The maximum absolute atomic E-state index is 12.7. The third-order valence-corrected chi connectivity index (χ3v) is 5.94. The predicted octanol–water partition coefficient (Wildman–Crippen LogP) is 2.44. The molecule has 3 rings (SSSR count). The largest absolute Gasteiger partial charge is 0.439 e. The molecule has 2 heterocycles. The van der Waals surface area contributed by atoms with Gasteiger partial charge in [-0.2, -0.15) is 0 Å². The number of aryl methyl sites for hydroxylation is 2. The molecule has 0 fully saturated rings. The number of nitrogen functional groups attached to an aromatic ring is 1. The summed E-state index contributed by atoms with van der Waals surface area (Å²) in [6, 6.07) is 4.77. The van der Waals surface area contributed by atoms with Crippen LogP contribution in [0.15, 0.2) is 39.9 Å². The molecule has 0 spiro atoms. The van der Waals surface area contributed by atoms with Crippen LogP contribution < -0.4 is 10.5 Å². The van der Waals surface area contributed by atoms with Gasteiger partial charge in [0, 0.05) is 19.0 Å². The third kappa shape index (κ3) is 5.02. The number of rotatable bonds is 7. The lowest BCUT2D eigenvalue weighted by Crippen LogP contribution is -2.30. The minimum absolute atomic E-state index is 0.0922. The Bertz CT molecular complexity index is 1170. The van der Waals surface area contributed by atoms with Gasteiger partial charge in [-0.3, -0.25) is 0 Å². The van der Waals surface area contributed by atoms with E-state index in [0.717, 1.165) is 5.56 Å². The second kappa shape index (κ2) is 8.13. The highest BCUT2D eigenvalue weighted by Crippen LogP contribution is 2.29. The molecule has 0 saturated heterocycles. The Kier molecular flexibility index (Phi) is 5.93. The van der Waals surface area contributed by atoms with Crippen molar-refractivity contribution in [2.75, 3.05) is 12.3 Å². The number of aromatic nitrogens is 3. The van der Waals surface area contributed by atoms with E-state index < -0.39 is 15.6 Å². The Morgan fingerprint density at radius 2 is 1.93 bits per heavy atom. The summed E-state index contributed by atoms with van der Waals surface area (Å²) in [5.74, 6) is 1.04. The number of hydrogen-bond acceptors (Lipinski definition) is 8. The number of sulfonamides is 1. The van der Waals surface area contributed by atoms with E-state index >= 15 is 0 Å². The molecule has 0 aliphatic carbocycles. The normalized spacial score (nSPS) is 12.3. The van der Waals surface area contributed by atoms with Gasteiger partial charge < -0.3 is 15.3 Å². The lowest BCUT2D eigenvalue weighted by atomic mass is 10.1. The molecule has 9 nitrogen and oxygen atoms in total. The van der Waals surface area contributed by atoms with E-state index in [4.69, 9.17) is 10.2 Å². The van der Waals surface area contributed by atoms with Crippen molar-refractivity contribution < 1.29 is 17.9 Å². The average molecular weight is 432 g/mol. The molecule has 0 bridgehead atoms. The first kappa shape index (κ1) is 21.9. The number of nitrogens with zero attached hydrogens (tertiary/aromatic N) is 3. The van der Waals surface area contributed by atoms with Gasteiger partial charge in [0.15, 0.2) is 23.2 Å². The fraction of sp³-hybridized carbons (Fsp3) is 0.350. The lowest BCUT2D eigenvalue weighted by molar-refractivity contribution is 0.0728. The zero-order chi connectivity index (χ0) is 22.1. The molecule has 0 unspecified atom stereocenters. The van der Waals surface area contributed by atoms with Crippen molar-refractivity contribution in [3.05, 3.63) is 42.0 Å². The highest BCUT2D eigenvalue weighted by molar-refractivity contribution is 7.89. The zero-order valence-electron chi connectivity index (χ0n) is 17.3. The first-order chi connectivity index (χ1) is 14.0. The summed E-state index contributed by atoms with van der Waals surface area (Å²) in [6.07, 6.45) is 3.29. The molecular formula is C20H25N5O4S. The van der Waals surface area contributed by atoms with Crippen LogP contribution in [0.4, 0.5) is 5.82 Å². The highest BCUT2D eigenvalue weighted by Gasteiger charge is 2.20. The summed E-state index contributed by atoms with van der Waals surface area (Å²) in [6.45, 7) is 6.92. The van der Waals surface area contributed by atoms with Crippen molar-refractivity contribution in [3.63, 3.8) is 0 Å². The smallest absolute Gasteiger partial charge is 0.240 e. The van der Waals surface area contributed by atoms with Crippen molar-refractivity contribution in [1.29, 1.82) is 0 Å². The summed E-state index contributed by atoms with van der Waals surface area (Å²) < 4.78 is 33.4. The number of oxazole rings is 1. The quantitative estimate of drug-likeness (QED) is 0.517. The van der Waals surface area contributed by atoms with Crippen molar-refractivity contribution >= 4 is 15.8 Å². The molecule has 0 saturated carbocycles. The molecule has 30 heavy (non-hydrogen) atoms. The van der Waals surface area contributed by atoms with E-state index in [1.165, 1.54) is 24.5 Å². The van der Waals surface area contributed by atoms with E-state index in [9.17, 15) is 13.5 Å². The van der Waals surface area contributed by atoms with Crippen molar-refractivity contribution in [2.24, 2.45) is 0 Å². The van der Waals surface area contributed by atoms with Crippen LogP contribution in [0.5, 0.6) is 0 Å². The van der Waals surface area contributed by atoms with E-state index in [-0.39, 0.29) is 23.7 Å². The number of anilines is 1. The Hall–Kier alpha value is -2.82. The number of benzene rings is 1. The molecule has 2 aromatic heterocycles. The van der Waals surface area contributed by atoms with Crippen LogP contribution in [-0.4, -0.2) is 40.6 Å². The summed E-state index contributed by atoms with van der Waals surface area (Å²) >= 11 is 0. The Morgan fingerprint density at radius 1 is 1.20 bits per heavy atom. The standard InChI is InChI=1S/C20H25N5O4S/c1-12-5-6-14(30(27,28)24-8-7-20(3,4)26)9-15(12)16-10-23-19(21)18(25-16)17-11-22-13(2)29-17/h5-6,9-11,24,26H,7-8H2,1-4H3,(H2,21,23). The molecule has 0 aliphatic rings. The Morgan fingerprint density at radius 3 is 2.57 bits per heavy atom. The fourth-order valence-electron chi connectivity index (χ4n) is 2.80. The molecule has 1 aromatic carbocycles. The van der Waals surface area contributed by atoms with Crippen molar-refractivity contribution in [1.82, 2.24) is 19.7 Å². The monoisotopic (exact) mass is 431 g/mol. The van der Waals surface area contributed by atoms with Crippen molar-refractivity contribution in [2.45, 2.75) is 44.6 Å². The molecule has 10 heteroatoms. The number of hydrogen-bond donors (Lipinski definition) is 3. The van der Waals surface area contributed by atoms with E-state index in [1.807, 2.05) is 6.92 Å². The maximum atomic E-state index is 12.7. The van der Waals surface area contributed by atoms with Gasteiger partial charge in [-0.1, -0.05) is 6.07 Å². The molecule has 160 valence electrons. The number of aliphatic hydroxyl groups is 1. The van der Waals surface area contributed by atoms with Crippen LogP contribution in [0.25, 0.3) is 22.7 Å². The summed E-state index contributed by atoms with van der Waals surface area (Å²) in [5.41, 5.74) is 7.21. The van der Waals surface area contributed by atoms with Crippen molar-refractivity contribution in [3.8, 4) is 22.7 Å². The molecule has 4 N–H and O–H groups in total. The topological polar surface area (TPSA) is 144 Å². The van der Waals surface area contributed by atoms with Gasteiger partial charge in [0.2, 0.25) is 10.0 Å². The third-order valence-electron chi connectivity index (χ3n) is 4.48. The highest BCUT2D eigenvalue weighted by atomic mass is 32.2. The van der Waals surface area contributed by atoms with E-state index in [2.05, 4.69) is 19.7 Å². The number of nitrogens with two attached hydrogens (primary N) is 1. The first-order valence-electron chi connectivity index (χ1n) is 9.35. The summed E-state index contributed by atoms with van der Waals surface area (Å²) in [4.78, 5) is 12.9. The SMILES string of the molecule is Cc1ncc(-c2nc(-c3cc(S(=O)(=O)NCCC(C)(C)O)ccc3C)cnc2N)o1. The molecule has 0 atom stereocenters. The average Bonchev–Trinajstić information content (AvgIpc) is 3.07. The predicted molar refractivity (Wildman–Crippen MR) is 113 cm³/mol. The van der Waals surface area contributed by atoms with Gasteiger partial charge in [-0.05, 0) is 44.9 Å². The minimum atomic E-state index is -3.76. The van der Waals surface area contributed by atoms with E-state index in [0.29, 0.717) is 28.6 Å². The van der Waals surface area contributed by atoms with Gasteiger partial charge in [0.1, 0.15) is 0 Å². The Labute approximate surface area is 175 Å². The van der Waals surface area contributed by atoms with Gasteiger partial charge in [0.25, 0.3) is 0 Å². The van der Waals surface area contributed by atoms with Crippen LogP contribution in [0.1, 0.15) is 31.7 Å². The Balaban J connectivity index is 1.96. The van der Waals surface area contributed by atoms with Gasteiger partial charge in [-0.15, -0.1) is 0 Å². The van der Waals surface area contributed by atoms with Gasteiger partial charge >= 0.3 is 0 Å². The number of nitrogens with one attached hydrogen (secondary N) is 1. The second-order valence-corrected chi connectivity index (χ2v) is 9.44. The maximum Gasteiger partial charge on any atom is 0.240 e. The molecule has 3 aromatic rings. The van der Waals surface area contributed by atoms with Crippen LogP contribution in [0.3, 0.4) is 0 Å². The van der Waals surface area contributed by atoms with Gasteiger partial charge in [0.05, 0.1) is 28.6 Å². The first-order valence-corrected chi connectivity index (χ1v) is 10.8. The van der Waals surface area contributed by atoms with Crippen LogP contribution in [0, 0.1) is 13.8 Å². The molecule has 0 aliphatic heterocycles. The van der Waals surface area contributed by atoms with Gasteiger partial charge in [-0.25, -0.2) is 28.1 Å². The summed E-state index contributed by atoms with van der Waals surface area (Å²) in [7, 11) is -3.76.